The van der Waals surface area contributed by atoms with Crippen molar-refractivity contribution in [3.05, 3.63) is 41.7 Å². The Morgan fingerprint density at radius 2 is 2.17 bits per heavy atom. The predicted octanol–water partition coefficient (Wildman–Crippen LogP) is 2.71. The van der Waals surface area contributed by atoms with E-state index in [0.717, 1.165) is 25.2 Å². The van der Waals surface area contributed by atoms with Gasteiger partial charge < -0.3 is 15.0 Å². The van der Waals surface area contributed by atoms with Crippen molar-refractivity contribution >= 4 is 5.69 Å². The summed E-state index contributed by atoms with van der Waals surface area (Å²) in [6.45, 7) is 0.831. The van der Waals surface area contributed by atoms with Gasteiger partial charge in [-0.1, -0.05) is 12.1 Å². The average Bonchev–Trinajstić information content (AvgIpc) is 2.41. The van der Waals surface area contributed by atoms with Crippen LogP contribution in [0.4, 0.5) is 5.69 Å². The molecule has 1 unspecified atom stereocenters. The summed E-state index contributed by atoms with van der Waals surface area (Å²) < 4.78 is 5.77. The van der Waals surface area contributed by atoms with E-state index in [1.807, 2.05) is 7.05 Å². The Balaban J connectivity index is 2.26. The summed E-state index contributed by atoms with van der Waals surface area (Å²) in [5, 5.41) is 3.34. The van der Waals surface area contributed by atoms with Gasteiger partial charge in [0.15, 0.2) is 0 Å². The summed E-state index contributed by atoms with van der Waals surface area (Å²) in [6, 6.07) is 8.72. The van der Waals surface area contributed by atoms with Crippen molar-refractivity contribution in [3.63, 3.8) is 0 Å². The van der Waals surface area contributed by atoms with Crippen LogP contribution in [0.15, 0.2) is 36.1 Å². The van der Waals surface area contributed by atoms with Crippen LogP contribution < -0.4 is 10.2 Å². The minimum absolute atomic E-state index is 0.158. The quantitative estimate of drug-likeness (QED) is 0.884. The standard InChI is InChI=1S/C15H22N2O/c1-16-15(14-9-4-5-10-18-14)12-7-6-8-13(11-12)17(2)3/h6-9,11,15-16H,4-5,10H2,1-3H3. The van der Waals surface area contributed by atoms with Gasteiger partial charge in [0, 0.05) is 19.8 Å². The SMILES string of the molecule is CNC(C1=CCCCO1)c1cccc(N(C)C)c1. The van der Waals surface area contributed by atoms with Gasteiger partial charge in [-0.3, -0.25) is 0 Å². The van der Waals surface area contributed by atoms with Crippen LogP contribution in [0.5, 0.6) is 0 Å². The summed E-state index contributed by atoms with van der Waals surface area (Å²) in [7, 11) is 6.10. The van der Waals surface area contributed by atoms with E-state index in [4.69, 9.17) is 4.74 Å². The number of likely N-dealkylation sites (N-methyl/N-ethyl adjacent to an activating group) is 1. The Hall–Kier alpha value is -1.48. The molecule has 0 aliphatic carbocycles. The van der Waals surface area contributed by atoms with E-state index in [0.29, 0.717) is 0 Å². The van der Waals surface area contributed by atoms with E-state index in [1.165, 1.54) is 11.3 Å². The molecule has 0 spiro atoms. The maximum absolute atomic E-state index is 5.77. The number of allylic oxidation sites excluding steroid dienone is 1. The molecule has 0 amide bonds. The lowest BCUT2D eigenvalue weighted by molar-refractivity contribution is 0.169. The van der Waals surface area contributed by atoms with E-state index >= 15 is 0 Å². The van der Waals surface area contributed by atoms with Gasteiger partial charge in [-0.05, 0) is 43.7 Å². The molecule has 0 fully saturated rings. The minimum atomic E-state index is 0.158. The molecule has 98 valence electrons. The molecule has 18 heavy (non-hydrogen) atoms. The van der Waals surface area contributed by atoms with E-state index in [-0.39, 0.29) is 6.04 Å². The maximum atomic E-state index is 5.77. The molecule has 0 aromatic heterocycles. The van der Waals surface area contributed by atoms with Crippen molar-refractivity contribution in [1.82, 2.24) is 5.32 Å². The molecular formula is C15H22N2O. The normalized spacial score (nSPS) is 16.7. The number of anilines is 1. The molecular weight excluding hydrogens is 224 g/mol. The van der Waals surface area contributed by atoms with Crippen LogP contribution in [0.2, 0.25) is 0 Å². The lowest BCUT2D eigenvalue weighted by Gasteiger charge is -2.24. The third-order valence-corrected chi connectivity index (χ3v) is 3.26. The summed E-state index contributed by atoms with van der Waals surface area (Å²) in [4.78, 5) is 2.12. The lowest BCUT2D eigenvalue weighted by Crippen LogP contribution is -2.22. The number of nitrogens with one attached hydrogen (secondary N) is 1. The number of rotatable bonds is 4. The number of benzene rings is 1. The van der Waals surface area contributed by atoms with Gasteiger partial charge in [0.1, 0.15) is 5.76 Å². The summed E-state index contributed by atoms with van der Waals surface area (Å²) in [5.41, 5.74) is 2.46. The number of hydrogen-bond donors (Lipinski definition) is 1. The zero-order chi connectivity index (χ0) is 13.0. The zero-order valence-electron chi connectivity index (χ0n) is 11.4. The van der Waals surface area contributed by atoms with E-state index in [1.54, 1.807) is 0 Å². The number of hydrogen-bond acceptors (Lipinski definition) is 3. The van der Waals surface area contributed by atoms with Crippen LogP contribution in [0.25, 0.3) is 0 Å². The van der Waals surface area contributed by atoms with Crippen molar-refractivity contribution in [2.45, 2.75) is 18.9 Å². The molecule has 1 atom stereocenters. The van der Waals surface area contributed by atoms with Gasteiger partial charge in [-0.15, -0.1) is 0 Å². The molecule has 3 nitrogen and oxygen atoms in total. The maximum Gasteiger partial charge on any atom is 0.113 e. The van der Waals surface area contributed by atoms with Gasteiger partial charge in [0.2, 0.25) is 0 Å². The summed E-state index contributed by atoms with van der Waals surface area (Å²) >= 11 is 0. The van der Waals surface area contributed by atoms with Crippen LogP contribution in [0, 0.1) is 0 Å². The molecule has 1 heterocycles. The minimum Gasteiger partial charge on any atom is -0.496 e. The van der Waals surface area contributed by atoms with Crippen LogP contribution in [0.3, 0.4) is 0 Å². The average molecular weight is 246 g/mol. The molecule has 1 aromatic rings. The summed E-state index contributed by atoms with van der Waals surface area (Å²) in [6.07, 6.45) is 4.44. The zero-order valence-corrected chi connectivity index (χ0v) is 11.4. The Kier molecular flexibility index (Phi) is 4.26. The molecule has 1 aliphatic rings. The van der Waals surface area contributed by atoms with Gasteiger partial charge in [0.25, 0.3) is 0 Å². The molecule has 1 aromatic carbocycles. The van der Waals surface area contributed by atoms with Gasteiger partial charge in [-0.2, -0.15) is 0 Å². The number of nitrogens with zero attached hydrogens (tertiary/aromatic N) is 1. The van der Waals surface area contributed by atoms with Crippen molar-refractivity contribution in [1.29, 1.82) is 0 Å². The first kappa shape index (κ1) is 13.0. The molecule has 3 heteroatoms. The highest BCUT2D eigenvalue weighted by atomic mass is 16.5. The molecule has 1 aliphatic heterocycles. The fraction of sp³-hybridized carbons (Fsp3) is 0.467. The highest BCUT2D eigenvalue weighted by molar-refractivity contribution is 5.48. The largest absolute Gasteiger partial charge is 0.496 e. The first-order valence-corrected chi connectivity index (χ1v) is 6.50. The second-order valence-electron chi connectivity index (χ2n) is 4.81. The highest BCUT2D eigenvalue weighted by Crippen LogP contribution is 2.27. The van der Waals surface area contributed by atoms with Crippen LogP contribution in [-0.4, -0.2) is 27.7 Å². The van der Waals surface area contributed by atoms with Crippen LogP contribution in [-0.2, 0) is 4.74 Å². The Bertz CT molecular complexity index is 426. The third kappa shape index (κ3) is 2.85. The molecule has 0 saturated carbocycles. The Morgan fingerprint density at radius 1 is 1.33 bits per heavy atom. The molecule has 0 bridgehead atoms. The molecule has 0 radical (unpaired) electrons. The summed E-state index contributed by atoms with van der Waals surface area (Å²) in [5.74, 6) is 1.06. The third-order valence-electron chi connectivity index (χ3n) is 3.26. The van der Waals surface area contributed by atoms with Crippen LogP contribution in [0.1, 0.15) is 24.4 Å². The lowest BCUT2D eigenvalue weighted by atomic mass is 10.0. The second-order valence-corrected chi connectivity index (χ2v) is 4.81. The fourth-order valence-corrected chi connectivity index (χ4v) is 2.23. The predicted molar refractivity (Wildman–Crippen MR) is 75.8 cm³/mol. The molecule has 0 saturated heterocycles. The second kappa shape index (κ2) is 5.91. The van der Waals surface area contributed by atoms with E-state index in [9.17, 15) is 0 Å². The Labute approximate surface area is 109 Å². The van der Waals surface area contributed by atoms with Crippen molar-refractivity contribution in [2.75, 3.05) is 32.6 Å². The topological polar surface area (TPSA) is 24.5 Å². The van der Waals surface area contributed by atoms with Gasteiger partial charge in [0.05, 0.1) is 12.6 Å². The van der Waals surface area contributed by atoms with E-state index < -0.39 is 0 Å². The van der Waals surface area contributed by atoms with Crippen LogP contribution >= 0.6 is 0 Å². The van der Waals surface area contributed by atoms with E-state index in [2.05, 4.69) is 54.7 Å². The smallest absolute Gasteiger partial charge is 0.113 e. The van der Waals surface area contributed by atoms with Gasteiger partial charge >= 0.3 is 0 Å². The van der Waals surface area contributed by atoms with Crippen molar-refractivity contribution < 1.29 is 4.74 Å². The first-order chi connectivity index (χ1) is 8.72. The van der Waals surface area contributed by atoms with Crippen molar-refractivity contribution in [3.8, 4) is 0 Å². The fourth-order valence-electron chi connectivity index (χ4n) is 2.23. The monoisotopic (exact) mass is 246 g/mol. The molecule has 1 N–H and O–H groups in total. The van der Waals surface area contributed by atoms with Crippen molar-refractivity contribution in [2.24, 2.45) is 0 Å². The number of ether oxygens (including phenoxy) is 1. The highest BCUT2D eigenvalue weighted by Gasteiger charge is 2.18. The van der Waals surface area contributed by atoms with Gasteiger partial charge in [-0.25, -0.2) is 0 Å². The molecule has 2 rings (SSSR count). The first-order valence-electron chi connectivity index (χ1n) is 6.50. The Morgan fingerprint density at radius 3 is 2.78 bits per heavy atom.